The lowest BCUT2D eigenvalue weighted by Gasteiger charge is -2.43. The summed E-state index contributed by atoms with van der Waals surface area (Å²) in [5.74, 6) is 1.28. The number of piperidine rings is 1. The van der Waals surface area contributed by atoms with Gasteiger partial charge in [-0.15, -0.1) is 11.8 Å². The van der Waals surface area contributed by atoms with E-state index in [0.717, 1.165) is 43.2 Å². The van der Waals surface area contributed by atoms with Gasteiger partial charge in [-0.25, -0.2) is 14.8 Å². The first-order valence-corrected chi connectivity index (χ1v) is 13.6. The van der Waals surface area contributed by atoms with E-state index in [0.29, 0.717) is 18.8 Å². The van der Waals surface area contributed by atoms with Gasteiger partial charge in [0.05, 0.1) is 31.5 Å². The first-order valence-electron chi connectivity index (χ1n) is 12.6. The number of nitrogens with zero attached hydrogens (tertiary/aromatic N) is 3. The molecule has 1 fully saturated rings. The summed E-state index contributed by atoms with van der Waals surface area (Å²) in [7, 11) is 0. The van der Waals surface area contributed by atoms with Gasteiger partial charge in [-0.05, 0) is 58.1 Å². The van der Waals surface area contributed by atoms with Crippen LogP contribution in [0.1, 0.15) is 64.1 Å². The summed E-state index contributed by atoms with van der Waals surface area (Å²) in [4.78, 5) is 35.7. The Morgan fingerprint density at radius 2 is 1.92 bits per heavy atom. The molecule has 2 aliphatic rings. The molecule has 1 aromatic heterocycles. The second-order valence-corrected chi connectivity index (χ2v) is 11.5. The van der Waals surface area contributed by atoms with E-state index in [9.17, 15) is 9.59 Å². The molecule has 1 spiro atoms. The van der Waals surface area contributed by atoms with E-state index in [4.69, 9.17) is 9.47 Å². The van der Waals surface area contributed by atoms with Crippen LogP contribution in [0.4, 0.5) is 10.6 Å². The Bertz CT molecular complexity index is 1060. The maximum absolute atomic E-state index is 12.7. The lowest BCUT2D eigenvalue weighted by Crippen LogP contribution is -2.47. The molecule has 36 heavy (non-hydrogen) atoms. The van der Waals surface area contributed by atoms with Crippen LogP contribution in [0.2, 0.25) is 0 Å². The minimum Gasteiger partial charge on any atom is -0.466 e. The average molecular weight is 513 g/mol. The molecular weight excluding hydrogens is 476 g/mol. The van der Waals surface area contributed by atoms with Crippen LogP contribution in [-0.4, -0.2) is 53.1 Å². The number of benzene rings is 1. The van der Waals surface area contributed by atoms with Crippen molar-refractivity contribution in [3.05, 3.63) is 47.8 Å². The van der Waals surface area contributed by atoms with Crippen molar-refractivity contribution >= 4 is 29.6 Å². The number of carbonyl (C=O) groups is 2. The molecule has 0 radical (unpaired) electrons. The van der Waals surface area contributed by atoms with Crippen molar-refractivity contribution in [2.45, 2.75) is 70.0 Å². The third-order valence-electron chi connectivity index (χ3n) is 6.74. The van der Waals surface area contributed by atoms with Crippen LogP contribution in [0.5, 0.6) is 0 Å². The smallest absolute Gasteiger partial charge is 0.408 e. The van der Waals surface area contributed by atoms with Crippen LogP contribution in [-0.2, 0) is 20.7 Å². The zero-order valence-corrected chi connectivity index (χ0v) is 22.4. The van der Waals surface area contributed by atoms with Gasteiger partial charge in [-0.1, -0.05) is 24.3 Å². The van der Waals surface area contributed by atoms with Gasteiger partial charge in [-0.2, -0.15) is 0 Å². The number of hydrogen-bond donors (Lipinski definition) is 1. The van der Waals surface area contributed by atoms with E-state index in [-0.39, 0.29) is 23.5 Å². The number of esters is 1. The van der Waals surface area contributed by atoms with E-state index in [2.05, 4.69) is 38.4 Å². The average Bonchev–Trinajstić information content (AvgIpc) is 3.11. The lowest BCUT2D eigenvalue weighted by molar-refractivity contribution is -0.142. The third kappa shape index (κ3) is 6.30. The summed E-state index contributed by atoms with van der Waals surface area (Å²) >= 11 is 1.50. The molecule has 1 saturated heterocycles. The molecule has 0 unspecified atom stereocenters. The SMILES string of the molecule is CCOC(=O)CCSc1cnc(N2CCC3(CC2)Cc2ccccc2[C@H]3NC(=O)OC(C)(C)C)cn1. The Balaban J connectivity index is 1.38. The molecule has 1 amide bonds. The fourth-order valence-electron chi connectivity index (χ4n) is 5.11. The first-order chi connectivity index (χ1) is 17.2. The zero-order valence-electron chi connectivity index (χ0n) is 21.6. The van der Waals surface area contributed by atoms with Crippen molar-refractivity contribution in [2.75, 3.05) is 30.3 Å². The lowest BCUT2D eigenvalue weighted by atomic mass is 9.72. The van der Waals surface area contributed by atoms with Gasteiger partial charge in [0.1, 0.15) is 16.4 Å². The predicted molar refractivity (Wildman–Crippen MR) is 140 cm³/mol. The van der Waals surface area contributed by atoms with Crippen molar-refractivity contribution in [3.63, 3.8) is 0 Å². The molecule has 2 heterocycles. The molecule has 1 N–H and O–H groups in total. The number of hydrogen-bond acceptors (Lipinski definition) is 8. The summed E-state index contributed by atoms with van der Waals surface area (Å²) in [6, 6.07) is 8.33. The van der Waals surface area contributed by atoms with Crippen LogP contribution >= 0.6 is 11.8 Å². The summed E-state index contributed by atoms with van der Waals surface area (Å²) in [6.45, 7) is 9.53. The molecule has 2 aromatic rings. The van der Waals surface area contributed by atoms with Gasteiger partial charge >= 0.3 is 12.1 Å². The monoisotopic (exact) mass is 512 g/mol. The molecule has 8 nitrogen and oxygen atoms in total. The number of fused-ring (bicyclic) bond motifs is 1. The van der Waals surface area contributed by atoms with Crippen molar-refractivity contribution in [3.8, 4) is 0 Å². The Labute approximate surface area is 217 Å². The molecule has 0 bridgehead atoms. The minimum atomic E-state index is -0.541. The fourth-order valence-corrected chi connectivity index (χ4v) is 5.84. The number of aromatic nitrogens is 2. The molecule has 1 aromatic carbocycles. The summed E-state index contributed by atoms with van der Waals surface area (Å²) in [5, 5.41) is 4.00. The molecule has 1 aliphatic heterocycles. The second kappa shape index (κ2) is 11.1. The standard InChI is InChI=1S/C27H36N4O4S/c1-5-34-23(32)10-15-36-22-18-28-21(17-29-22)31-13-11-27(12-14-31)16-19-8-6-7-9-20(19)24(27)30-25(33)35-26(2,3)4/h6-9,17-18,24H,5,10-16H2,1-4H3,(H,30,33)/t24-/m1/s1. The molecule has 1 atom stereocenters. The van der Waals surface area contributed by atoms with Gasteiger partial charge in [0.2, 0.25) is 0 Å². The summed E-state index contributed by atoms with van der Waals surface area (Å²) < 4.78 is 10.6. The van der Waals surface area contributed by atoms with E-state index in [1.165, 1.54) is 22.9 Å². The number of carbonyl (C=O) groups excluding carboxylic acids is 2. The number of rotatable bonds is 7. The number of amides is 1. The Hall–Kier alpha value is -2.81. The van der Waals surface area contributed by atoms with Crippen LogP contribution in [0, 0.1) is 5.41 Å². The predicted octanol–water partition coefficient (Wildman–Crippen LogP) is 4.93. The molecule has 1 aliphatic carbocycles. The Kier molecular flexibility index (Phi) is 8.07. The number of anilines is 1. The molecular formula is C27H36N4O4S. The van der Waals surface area contributed by atoms with Crippen molar-refractivity contribution in [1.82, 2.24) is 15.3 Å². The number of thioether (sulfide) groups is 1. The van der Waals surface area contributed by atoms with E-state index >= 15 is 0 Å². The van der Waals surface area contributed by atoms with Crippen LogP contribution in [0.25, 0.3) is 0 Å². The highest BCUT2D eigenvalue weighted by molar-refractivity contribution is 7.99. The van der Waals surface area contributed by atoms with Gasteiger partial charge in [0.15, 0.2) is 0 Å². The number of alkyl carbamates (subject to hydrolysis) is 1. The molecule has 0 saturated carbocycles. The largest absolute Gasteiger partial charge is 0.466 e. The van der Waals surface area contributed by atoms with Gasteiger partial charge in [0, 0.05) is 24.3 Å². The van der Waals surface area contributed by atoms with Gasteiger partial charge in [0.25, 0.3) is 0 Å². The Morgan fingerprint density at radius 3 is 2.58 bits per heavy atom. The maximum Gasteiger partial charge on any atom is 0.408 e. The highest BCUT2D eigenvalue weighted by Crippen LogP contribution is 2.52. The molecule has 9 heteroatoms. The summed E-state index contributed by atoms with van der Waals surface area (Å²) in [6.07, 6.45) is 6.38. The topological polar surface area (TPSA) is 93.7 Å². The number of nitrogens with one attached hydrogen (secondary N) is 1. The van der Waals surface area contributed by atoms with E-state index in [1.54, 1.807) is 13.1 Å². The van der Waals surface area contributed by atoms with Crippen LogP contribution in [0.15, 0.2) is 41.7 Å². The summed E-state index contributed by atoms with van der Waals surface area (Å²) in [5.41, 5.74) is 1.91. The highest BCUT2D eigenvalue weighted by Gasteiger charge is 2.48. The second-order valence-electron chi connectivity index (χ2n) is 10.4. The highest BCUT2D eigenvalue weighted by atomic mass is 32.2. The van der Waals surface area contributed by atoms with Crippen LogP contribution in [0.3, 0.4) is 0 Å². The Morgan fingerprint density at radius 1 is 1.17 bits per heavy atom. The van der Waals surface area contributed by atoms with Crippen molar-refractivity contribution in [1.29, 1.82) is 0 Å². The third-order valence-corrected chi connectivity index (χ3v) is 7.66. The zero-order chi connectivity index (χ0) is 25.8. The van der Waals surface area contributed by atoms with Crippen LogP contribution < -0.4 is 10.2 Å². The van der Waals surface area contributed by atoms with E-state index < -0.39 is 5.60 Å². The van der Waals surface area contributed by atoms with Crippen molar-refractivity contribution < 1.29 is 19.1 Å². The quantitative estimate of drug-likeness (QED) is 0.412. The number of ether oxygens (including phenoxy) is 2. The minimum absolute atomic E-state index is 0.0482. The fraction of sp³-hybridized carbons (Fsp3) is 0.556. The van der Waals surface area contributed by atoms with Crippen molar-refractivity contribution in [2.24, 2.45) is 5.41 Å². The maximum atomic E-state index is 12.7. The first kappa shape index (κ1) is 26.3. The molecule has 4 rings (SSSR count). The molecule has 194 valence electrons. The van der Waals surface area contributed by atoms with E-state index in [1.807, 2.05) is 33.0 Å². The normalized spacial score (nSPS) is 18.6. The van der Waals surface area contributed by atoms with Gasteiger partial charge in [-0.3, -0.25) is 4.79 Å². The van der Waals surface area contributed by atoms with Gasteiger partial charge < -0.3 is 19.7 Å².